The second-order valence-corrected chi connectivity index (χ2v) is 9.30. The summed E-state index contributed by atoms with van der Waals surface area (Å²) in [5.41, 5.74) is -0.695. The van der Waals surface area contributed by atoms with Gasteiger partial charge in [-0.3, -0.25) is 0 Å². The number of carboxylic acids is 1. The predicted molar refractivity (Wildman–Crippen MR) is 117 cm³/mol. The van der Waals surface area contributed by atoms with Crippen molar-refractivity contribution >= 4 is 46.1 Å². The van der Waals surface area contributed by atoms with Crippen molar-refractivity contribution < 1.29 is 9.90 Å². The van der Waals surface area contributed by atoms with Crippen molar-refractivity contribution in [1.82, 2.24) is 0 Å². The van der Waals surface area contributed by atoms with Crippen molar-refractivity contribution in [2.75, 3.05) is 0 Å². The molecule has 1 atom stereocenters. The summed E-state index contributed by atoms with van der Waals surface area (Å²) in [5, 5.41) is 13.2. The average molecular weight is 428 g/mol. The Bertz CT molecular complexity index is 754. The number of carboxylic acid groups (broad SMARTS) is 1. The zero-order valence-corrected chi connectivity index (χ0v) is 16.8. The molecule has 0 fully saturated rings. The van der Waals surface area contributed by atoms with Crippen molar-refractivity contribution in [1.29, 1.82) is 0 Å². The summed E-state index contributed by atoms with van der Waals surface area (Å²) in [5.74, 6) is -0.847. The number of aliphatic carboxylic acids is 1. The van der Waals surface area contributed by atoms with E-state index >= 15 is 0 Å². The van der Waals surface area contributed by atoms with Gasteiger partial charge in [0.1, 0.15) is 23.2 Å². The molecule has 0 saturated heterocycles. The Morgan fingerprint density at radius 1 is 0.769 bits per heavy atom. The lowest BCUT2D eigenvalue weighted by Gasteiger charge is -2.30. The van der Waals surface area contributed by atoms with Crippen LogP contribution in [0.5, 0.6) is 0 Å². The van der Waals surface area contributed by atoms with E-state index in [4.69, 9.17) is 0 Å². The molecule has 0 aliphatic carbocycles. The molecule has 0 aliphatic heterocycles. The van der Waals surface area contributed by atoms with E-state index in [1.807, 2.05) is 91.0 Å². The molecule has 0 saturated carbocycles. The molecular formula is C22H21BrO2P+. The molecule has 1 N–H and O–H groups in total. The zero-order valence-electron chi connectivity index (χ0n) is 14.2. The van der Waals surface area contributed by atoms with Gasteiger partial charge in [-0.25, -0.2) is 4.79 Å². The highest BCUT2D eigenvalue weighted by Crippen LogP contribution is 2.60. The summed E-state index contributed by atoms with van der Waals surface area (Å²) in [6.45, 7) is 3.87. The predicted octanol–water partition coefficient (Wildman–Crippen LogP) is 4.20. The highest BCUT2D eigenvalue weighted by atomic mass is 79.9. The number of hydrogen-bond acceptors (Lipinski definition) is 1. The first-order valence-electron chi connectivity index (χ1n) is 8.12. The molecule has 1 unspecified atom stereocenters. The molecule has 132 valence electrons. The Kier molecular flexibility index (Phi) is 6.90. The van der Waals surface area contributed by atoms with E-state index in [1.54, 1.807) is 6.08 Å². The molecule has 0 amide bonds. The smallest absolute Gasteiger partial charge is 0.349 e. The second kappa shape index (κ2) is 8.93. The Morgan fingerprint density at radius 2 is 1.08 bits per heavy atom. The fraction of sp³-hybridized carbons (Fsp3) is 0.0455. The molecular weight excluding hydrogens is 407 g/mol. The van der Waals surface area contributed by atoms with Gasteiger partial charge in [-0.1, -0.05) is 61.2 Å². The van der Waals surface area contributed by atoms with E-state index in [0.29, 0.717) is 0 Å². The van der Waals surface area contributed by atoms with Gasteiger partial charge in [0, 0.05) is 0 Å². The van der Waals surface area contributed by atoms with Crippen LogP contribution in [0.4, 0.5) is 0 Å². The molecule has 3 aromatic rings. The van der Waals surface area contributed by atoms with Crippen molar-refractivity contribution in [3.05, 3.63) is 104 Å². The summed E-state index contributed by atoms with van der Waals surface area (Å²) in [7, 11) is -2.44. The molecule has 0 heterocycles. The van der Waals surface area contributed by atoms with Crippen LogP contribution in [0, 0.1) is 0 Å². The second-order valence-electron chi connectivity index (χ2n) is 5.75. The van der Waals surface area contributed by atoms with Gasteiger partial charge in [0.2, 0.25) is 0 Å². The SMILES string of the molecule is Br.C=CC(C(=O)O)[P+](c1ccccc1)(c1ccccc1)c1ccccc1. The van der Waals surface area contributed by atoms with Crippen molar-refractivity contribution in [2.45, 2.75) is 5.66 Å². The highest BCUT2D eigenvalue weighted by Gasteiger charge is 2.54. The van der Waals surface area contributed by atoms with Gasteiger partial charge in [0.25, 0.3) is 0 Å². The van der Waals surface area contributed by atoms with Crippen LogP contribution >= 0.6 is 24.2 Å². The lowest BCUT2D eigenvalue weighted by Crippen LogP contribution is -2.41. The first-order chi connectivity index (χ1) is 12.2. The number of benzene rings is 3. The van der Waals surface area contributed by atoms with E-state index in [1.165, 1.54) is 0 Å². The molecule has 3 aromatic carbocycles. The maximum atomic E-state index is 12.3. The van der Waals surface area contributed by atoms with Crippen LogP contribution in [0.2, 0.25) is 0 Å². The number of rotatable bonds is 6. The Hall–Kier alpha value is -2.22. The van der Waals surface area contributed by atoms with Gasteiger partial charge in [0.05, 0.1) is 0 Å². The van der Waals surface area contributed by atoms with Crippen LogP contribution in [0.15, 0.2) is 104 Å². The van der Waals surface area contributed by atoms with Crippen LogP contribution in [0.25, 0.3) is 0 Å². The summed E-state index contributed by atoms with van der Waals surface area (Å²) in [6.07, 6.45) is 1.59. The fourth-order valence-corrected chi connectivity index (χ4v) is 7.78. The van der Waals surface area contributed by atoms with Crippen LogP contribution in [-0.4, -0.2) is 16.7 Å². The number of halogens is 1. The standard InChI is InChI=1S/C22H19O2P.BrH/c1-2-21(22(23)24)25(18-12-6-3-7-13-18,19-14-8-4-9-15-19)20-16-10-5-11-17-20;/h2-17,21H,1H2;1H/p+1. The summed E-state index contributed by atoms with van der Waals surface area (Å²) in [6, 6.07) is 29.9. The van der Waals surface area contributed by atoms with Gasteiger partial charge in [0.15, 0.2) is 5.66 Å². The Morgan fingerprint density at radius 3 is 1.31 bits per heavy atom. The first kappa shape index (κ1) is 20.1. The summed E-state index contributed by atoms with van der Waals surface area (Å²) in [4.78, 5) is 12.3. The summed E-state index contributed by atoms with van der Waals surface area (Å²) < 4.78 is 0. The van der Waals surface area contributed by atoms with Gasteiger partial charge < -0.3 is 5.11 Å². The van der Waals surface area contributed by atoms with E-state index in [-0.39, 0.29) is 17.0 Å². The first-order valence-corrected chi connectivity index (χ1v) is 9.98. The quantitative estimate of drug-likeness (QED) is 0.472. The van der Waals surface area contributed by atoms with Gasteiger partial charge in [-0.05, 0) is 42.5 Å². The van der Waals surface area contributed by atoms with Gasteiger partial charge in [-0.15, -0.1) is 17.0 Å². The molecule has 0 spiro atoms. The largest absolute Gasteiger partial charge is 0.478 e. The minimum atomic E-state index is -2.44. The van der Waals surface area contributed by atoms with Gasteiger partial charge in [-0.2, -0.15) is 0 Å². The molecule has 0 aromatic heterocycles. The van der Waals surface area contributed by atoms with Crippen LogP contribution in [-0.2, 0) is 4.79 Å². The molecule has 2 nitrogen and oxygen atoms in total. The Balaban J connectivity index is 0.00000243. The third-order valence-corrected chi connectivity index (χ3v) is 8.99. The molecule has 26 heavy (non-hydrogen) atoms. The van der Waals surface area contributed by atoms with Crippen LogP contribution < -0.4 is 15.9 Å². The normalized spacial score (nSPS) is 11.8. The minimum absolute atomic E-state index is 0. The van der Waals surface area contributed by atoms with Gasteiger partial charge >= 0.3 is 5.97 Å². The van der Waals surface area contributed by atoms with E-state index in [0.717, 1.165) is 15.9 Å². The number of hydrogen-bond donors (Lipinski definition) is 1. The molecule has 0 aliphatic rings. The van der Waals surface area contributed by atoms with Crippen LogP contribution in [0.3, 0.4) is 0 Å². The van der Waals surface area contributed by atoms with E-state index in [9.17, 15) is 9.90 Å². The summed E-state index contributed by atoms with van der Waals surface area (Å²) >= 11 is 0. The molecule has 3 rings (SSSR count). The molecule has 0 radical (unpaired) electrons. The molecule has 4 heteroatoms. The zero-order chi connectivity index (χ0) is 17.7. The maximum absolute atomic E-state index is 12.3. The van der Waals surface area contributed by atoms with E-state index in [2.05, 4.69) is 6.58 Å². The van der Waals surface area contributed by atoms with E-state index < -0.39 is 18.9 Å². The Labute approximate surface area is 165 Å². The minimum Gasteiger partial charge on any atom is -0.478 e. The average Bonchev–Trinajstić information content (AvgIpc) is 2.68. The molecule has 0 bridgehead atoms. The third kappa shape index (κ3) is 3.51. The van der Waals surface area contributed by atoms with Crippen molar-refractivity contribution in [3.63, 3.8) is 0 Å². The van der Waals surface area contributed by atoms with Crippen LogP contribution in [0.1, 0.15) is 0 Å². The number of carbonyl (C=O) groups is 1. The van der Waals surface area contributed by atoms with Crippen molar-refractivity contribution in [3.8, 4) is 0 Å². The maximum Gasteiger partial charge on any atom is 0.349 e. The monoisotopic (exact) mass is 427 g/mol. The topological polar surface area (TPSA) is 37.3 Å². The lowest BCUT2D eigenvalue weighted by molar-refractivity contribution is -0.135. The van der Waals surface area contributed by atoms with Crippen molar-refractivity contribution in [2.24, 2.45) is 0 Å². The lowest BCUT2D eigenvalue weighted by atomic mass is 10.3. The third-order valence-electron chi connectivity index (χ3n) is 4.38. The highest BCUT2D eigenvalue weighted by molar-refractivity contribution is 8.93. The fourth-order valence-electron chi connectivity index (χ4n) is 3.34.